The molecule has 2 aromatic carbocycles. The summed E-state index contributed by atoms with van der Waals surface area (Å²) in [6, 6.07) is 10.9. The smallest absolute Gasteiger partial charge is 0.407 e. The van der Waals surface area contributed by atoms with E-state index in [1.165, 1.54) is 0 Å². The largest absolute Gasteiger partial charge is 0.445 e. The lowest BCUT2D eigenvalue weighted by molar-refractivity contribution is 0.0142. The normalized spacial score (nSPS) is 13.2. The van der Waals surface area contributed by atoms with Gasteiger partial charge in [-0.15, -0.1) is 0 Å². The van der Waals surface area contributed by atoms with E-state index in [1.54, 1.807) is 24.3 Å². The lowest BCUT2D eigenvalue weighted by Crippen LogP contribution is -2.36. The van der Waals surface area contributed by atoms with Crippen molar-refractivity contribution in [1.29, 1.82) is 0 Å². The van der Waals surface area contributed by atoms with Crippen LogP contribution in [0.5, 0.6) is 0 Å². The number of alkyl carbamates (subject to hydrolysis) is 1. The zero-order chi connectivity index (χ0) is 18.4. The van der Waals surface area contributed by atoms with Gasteiger partial charge in [0.1, 0.15) is 30.4 Å². The first-order valence-electron chi connectivity index (χ1n) is 7.33. The van der Waals surface area contributed by atoms with Crippen molar-refractivity contribution in [1.82, 2.24) is 5.32 Å². The maximum Gasteiger partial charge on any atom is 0.407 e. The SMILES string of the molecule is O=C(NCC(O)C(O)c1c(F)cc(Br)cc1F)OCc1ccccc1. The van der Waals surface area contributed by atoms with Crippen LogP contribution < -0.4 is 5.32 Å². The van der Waals surface area contributed by atoms with Crippen molar-refractivity contribution in [2.75, 3.05) is 6.54 Å². The quantitative estimate of drug-likeness (QED) is 0.677. The highest BCUT2D eigenvalue weighted by molar-refractivity contribution is 9.10. The molecule has 0 saturated heterocycles. The van der Waals surface area contributed by atoms with E-state index >= 15 is 0 Å². The first-order valence-corrected chi connectivity index (χ1v) is 8.13. The first kappa shape index (κ1) is 19.3. The molecule has 2 atom stereocenters. The van der Waals surface area contributed by atoms with E-state index in [1.807, 2.05) is 6.07 Å². The predicted octanol–water partition coefficient (Wildman–Crippen LogP) is 3.05. The van der Waals surface area contributed by atoms with E-state index in [0.717, 1.165) is 17.7 Å². The third-order valence-corrected chi connectivity index (χ3v) is 3.83. The van der Waals surface area contributed by atoms with Crippen LogP contribution in [0.25, 0.3) is 0 Å². The molecule has 0 radical (unpaired) electrons. The molecule has 0 aliphatic rings. The van der Waals surface area contributed by atoms with Crippen LogP contribution in [0, 0.1) is 11.6 Å². The summed E-state index contributed by atoms with van der Waals surface area (Å²) >= 11 is 2.92. The molecule has 2 aromatic rings. The third-order valence-electron chi connectivity index (χ3n) is 3.37. The highest BCUT2D eigenvalue weighted by atomic mass is 79.9. The molecular weight excluding hydrogens is 400 g/mol. The van der Waals surface area contributed by atoms with Crippen molar-refractivity contribution in [2.24, 2.45) is 0 Å². The van der Waals surface area contributed by atoms with Crippen LogP contribution in [-0.4, -0.2) is 29.0 Å². The second-order valence-electron chi connectivity index (χ2n) is 5.24. The van der Waals surface area contributed by atoms with Gasteiger partial charge in [-0.3, -0.25) is 0 Å². The molecule has 0 spiro atoms. The summed E-state index contributed by atoms with van der Waals surface area (Å²) in [5.41, 5.74) is 0.104. The van der Waals surface area contributed by atoms with Gasteiger partial charge in [0.05, 0.1) is 5.56 Å². The molecule has 0 heterocycles. The van der Waals surface area contributed by atoms with Gasteiger partial charge in [-0.2, -0.15) is 0 Å². The van der Waals surface area contributed by atoms with Crippen molar-refractivity contribution >= 4 is 22.0 Å². The molecule has 8 heteroatoms. The number of hydrogen-bond acceptors (Lipinski definition) is 4. The fourth-order valence-corrected chi connectivity index (χ4v) is 2.50. The molecule has 0 bridgehead atoms. The van der Waals surface area contributed by atoms with Crippen molar-refractivity contribution in [3.63, 3.8) is 0 Å². The molecule has 0 aliphatic carbocycles. The molecule has 5 nitrogen and oxygen atoms in total. The maximum absolute atomic E-state index is 13.8. The second kappa shape index (κ2) is 8.89. The van der Waals surface area contributed by atoms with Gasteiger partial charge in [0.25, 0.3) is 0 Å². The summed E-state index contributed by atoms with van der Waals surface area (Å²) in [6.45, 7) is -0.412. The highest BCUT2D eigenvalue weighted by Crippen LogP contribution is 2.26. The minimum atomic E-state index is -1.84. The Morgan fingerprint density at radius 1 is 1.16 bits per heavy atom. The Labute approximate surface area is 151 Å². The Hall–Kier alpha value is -2.03. The fourth-order valence-electron chi connectivity index (χ4n) is 2.10. The van der Waals surface area contributed by atoms with E-state index in [0.29, 0.717) is 0 Å². The number of aliphatic hydroxyl groups is 2. The van der Waals surface area contributed by atoms with Gasteiger partial charge in [0.15, 0.2) is 0 Å². The van der Waals surface area contributed by atoms with E-state index in [-0.39, 0.29) is 11.1 Å². The molecule has 0 aliphatic heterocycles. The average Bonchev–Trinajstić information content (AvgIpc) is 2.57. The Balaban J connectivity index is 1.87. The first-order chi connectivity index (χ1) is 11.9. The number of carbonyl (C=O) groups is 1. The molecule has 134 valence electrons. The molecule has 0 aromatic heterocycles. The van der Waals surface area contributed by atoms with Crippen LogP contribution in [0.3, 0.4) is 0 Å². The summed E-state index contributed by atoms with van der Waals surface area (Å²) in [4.78, 5) is 11.6. The highest BCUT2D eigenvalue weighted by Gasteiger charge is 2.26. The van der Waals surface area contributed by atoms with Crippen LogP contribution in [0.2, 0.25) is 0 Å². The number of aliphatic hydroxyl groups excluding tert-OH is 2. The Morgan fingerprint density at radius 3 is 2.36 bits per heavy atom. The molecule has 3 N–H and O–H groups in total. The van der Waals surface area contributed by atoms with Crippen LogP contribution in [0.15, 0.2) is 46.9 Å². The van der Waals surface area contributed by atoms with Crippen molar-refractivity contribution in [3.05, 3.63) is 69.7 Å². The van der Waals surface area contributed by atoms with Crippen LogP contribution in [0.1, 0.15) is 17.2 Å². The van der Waals surface area contributed by atoms with Crippen LogP contribution in [0.4, 0.5) is 13.6 Å². The number of benzene rings is 2. The number of hydrogen-bond donors (Lipinski definition) is 3. The predicted molar refractivity (Wildman–Crippen MR) is 89.7 cm³/mol. The Bertz CT molecular complexity index is 707. The number of carbonyl (C=O) groups excluding carboxylic acids is 1. The molecule has 0 fully saturated rings. The zero-order valence-electron chi connectivity index (χ0n) is 13.0. The van der Waals surface area contributed by atoms with E-state index in [2.05, 4.69) is 21.2 Å². The Kier molecular flexibility index (Phi) is 6.86. The summed E-state index contributed by atoms with van der Waals surface area (Å²) < 4.78 is 32.6. The zero-order valence-corrected chi connectivity index (χ0v) is 14.5. The lowest BCUT2D eigenvalue weighted by atomic mass is 10.0. The monoisotopic (exact) mass is 415 g/mol. The molecule has 2 unspecified atom stereocenters. The number of ether oxygens (including phenoxy) is 1. The number of rotatable bonds is 6. The average molecular weight is 416 g/mol. The summed E-state index contributed by atoms with van der Waals surface area (Å²) in [5.74, 6) is -2.02. The number of halogens is 3. The van der Waals surface area contributed by atoms with Crippen LogP contribution >= 0.6 is 15.9 Å². The minimum Gasteiger partial charge on any atom is -0.445 e. The number of amides is 1. The maximum atomic E-state index is 13.8. The minimum absolute atomic E-state index is 0.0291. The summed E-state index contributed by atoms with van der Waals surface area (Å²) in [5, 5.41) is 22.0. The second-order valence-corrected chi connectivity index (χ2v) is 6.15. The van der Waals surface area contributed by atoms with E-state index in [4.69, 9.17) is 4.74 Å². The molecule has 25 heavy (non-hydrogen) atoms. The van der Waals surface area contributed by atoms with Gasteiger partial charge in [-0.1, -0.05) is 46.3 Å². The Morgan fingerprint density at radius 2 is 1.76 bits per heavy atom. The van der Waals surface area contributed by atoms with Gasteiger partial charge in [-0.05, 0) is 17.7 Å². The summed E-state index contributed by atoms with van der Waals surface area (Å²) in [7, 11) is 0. The molecule has 0 saturated carbocycles. The fraction of sp³-hybridized carbons (Fsp3) is 0.235. The topological polar surface area (TPSA) is 78.8 Å². The molecular formula is C17H16BrF2NO4. The van der Waals surface area contributed by atoms with Gasteiger partial charge in [0, 0.05) is 11.0 Å². The standard InChI is InChI=1S/C17H16BrF2NO4/c18-11-6-12(19)15(13(20)7-11)16(23)14(22)8-21-17(24)25-9-10-4-2-1-3-5-10/h1-7,14,16,22-23H,8-9H2,(H,21,24). The third kappa shape index (κ3) is 5.48. The van der Waals surface area contributed by atoms with Crippen molar-refractivity contribution < 1.29 is 28.5 Å². The number of nitrogens with one attached hydrogen (secondary N) is 1. The lowest BCUT2D eigenvalue weighted by Gasteiger charge is -2.19. The molecule has 1 amide bonds. The van der Waals surface area contributed by atoms with Gasteiger partial charge >= 0.3 is 6.09 Å². The van der Waals surface area contributed by atoms with E-state index < -0.39 is 42.0 Å². The van der Waals surface area contributed by atoms with Gasteiger partial charge in [0.2, 0.25) is 0 Å². The van der Waals surface area contributed by atoms with Gasteiger partial charge < -0.3 is 20.3 Å². The molecule has 2 rings (SSSR count). The van der Waals surface area contributed by atoms with Crippen molar-refractivity contribution in [2.45, 2.75) is 18.8 Å². The van der Waals surface area contributed by atoms with Crippen molar-refractivity contribution in [3.8, 4) is 0 Å². The van der Waals surface area contributed by atoms with Crippen LogP contribution in [-0.2, 0) is 11.3 Å². The van der Waals surface area contributed by atoms with E-state index in [9.17, 15) is 23.8 Å². The summed E-state index contributed by atoms with van der Waals surface area (Å²) in [6.07, 6.45) is -4.29. The van der Waals surface area contributed by atoms with Gasteiger partial charge in [-0.25, -0.2) is 13.6 Å².